The van der Waals surface area contributed by atoms with Crippen LogP contribution >= 0.6 is 0 Å². The Kier molecular flexibility index (Phi) is 4.76. The smallest absolute Gasteiger partial charge is 0.254 e. The van der Waals surface area contributed by atoms with Gasteiger partial charge in [0.1, 0.15) is 0 Å². The lowest BCUT2D eigenvalue weighted by molar-refractivity contribution is 0.0681. The van der Waals surface area contributed by atoms with E-state index in [9.17, 15) is 4.79 Å². The molecule has 0 atom stereocenters. The van der Waals surface area contributed by atoms with Gasteiger partial charge in [-0.05, 0) is 44.4 Å². The Morgan fingerprint density at radius 3 is 2.39 bits per heavy atom. The molecule has 0 fully saturated rings. The van der Waals surface area contributed by atoms with Crippen LogP contribution in [0.1, 0.15) is 43.6 Å². The van der Waals surface area contributed by atoms with Crippen molar-refractivity contribution in [3.05, 3.63) is 29.3 Å². The molecule has 0 spiro atoms. The summed E-state index contributed by atoms with van der Waals surface area (Å²) in [6.45, 7) is 11.0. The number of anilines is 1. The molecule has 0 bridgehead atoms. The van der Waals surface area contributed by atoms with Crippen LogP contribution in [0.3, 0.4) is 0 Å². The molecule has 2 N–H and O–H groups in total. The minimum Gasteiger partial charge on any atom is -0.398 e. The van der Waals surface area contributed by atoms with E-state index in [1.54, 1.807) is 0 Å². The lowest BCUT2D eigenvalue weighted by Crippen LogP contribution is -2.39. The fourth-order valence-corrected chi connectivity index (χ4v) is 1.96. The molecule has 0 aliphatic heterocycles. The molecule has 0 saturated heterocycles. The van der Waals surface area contributed by atoms with Crippen molar-refractivity contribution in [2.45, 2.75) is 40.7 Å². The van der Waals surface area contributed by atoms with E-state index in [0.717, 1.165) is 12.1 Å². The quantitative estimate of drug-likeness (QED) is 0.832. The van der Waals surface area contributed by atoms with E-state index in [4.69, 9.17) is 5.73 Å². The van der Waals surface area contributed by atoms with Crippen LogP contribution in [0.2, 0.25) is 0 Å². The lowest BCUT2D eigenvalue weighted by Gasteiger charge is -2.29. The standard InChI is InChI=1S/C15H24N2O/c1-10(2)9-17(11(3)4)15(18)13-7-6-8-14(16)12(13)5/h6-8,10-11H,9,16H2,1-5H3. The number of rotatable bonds is 4. The largest absolute Gasteiger partial charge is 0.398 e. The summed E-state index contributed by atoms with van der Waals surface area (Å²) in [5.74, 6) is 0.529. The Labute approximate surface area is 110 Å². The van der Waals surface area contributed by atoms with Gasteiger partial charge in [0.05, 0.1) is 0 Å². The predicted octanol–water partition coefficient (Wildman–Crippen LogP) is 3.08. The van der Waals surface area contributed by atoms with Crippen LogP contribution in [0.15, 0.2) is 18.2 Å². The number of carbonyl (C=O) groups excluding carboxylic acids is 1. The minimum absolute atomic E-state index is 0.0727. The Hall–Kier alpha value is -1.51. The summed E-state index contributed by atoms with van der Waals surface area (Å²) in [6, 6.07) is 5.71. The van der Waals surface area contributed by atoms with Crippen molar-refractivity contribution in [3.8, 4) is 0 Å². The molecule has 0 heterocycles. The number of hydrogen-bond acceptors (Lipinski definition) is 2. The first-order valence-corrected chi connectivity index (χ1v) is 6.50. The molecule has 0 aromatic heterocycles. The number of nitrogens with two attached hydrogens (primary N) is 1. The van der Waals surface area contributed by atoms with E-state index in [1.165, 1.54) is 0 Å². The van der Waals surface area contributed by atoms with Gasteiger partial charge < -0.3 is 10.6 Å². The predicted molar refractivity (Wildman–Crippen MR) is 76.6 cm³/mol. The van der Waals surface area contributed by atoms with E-state index < -0.39 is 0 Å². The summed E-state index contributed by atoms with van der Waals surface area (Å²) in [5, 5.41) is 0. The first-order chi connectivity index (χ1) is 8.34. The van der Waals surface area contributed by atoms with Gasteiger partial charge in [0, 0.05) is 23.8 Å². The van der Waals surface area contributed by atoms with Crippen molar-refractivity contribution in [2.75, 3.05) is 12.3 Å². The van der Waals surface area contributed by atoms with Crippen LogP contribution in [-0.4, -0.2) is 23.4 Å². The molecule has 1 amide bonds. The van der Waals surface area contributed by atoms with Gasteiger partial charge in [-0.15, -0.1) is 0 Å². The molecular formula is C15H24N2O. The topological polar surface area (TPSA) is 46.3 Å². The van der Waals surface area contributed by atoms with Gasteiger partial charge in [-0.1, -0.05) is 19.9 Å². The van der Waals surface area contributed by atoms with Gasteiger partial charge in [0.15, 0.2) is 0 Å². The number of amides is 1. The van der Waals surface area contributed by atoms with Gasteiger partial charge in [-0.25, -0.2) is 0 Å². The third-order valence-electron chi connectivity index (χ3n) is 3.05. The highest BCUT2D eigenvalue weighted by molar-refractivity contribution is 5.97. The van der Waals surface area contributed by atoms with Gasteiger partial charge in [-0.3, -0.25) is 4.79 Å². The second-order valence-corrected chi connectivity index (χ2v) is 5.46. The second-order valence-electron chi connectivity index (χ2n) is 5.46. The van der Waals surface area contributed by atoms with Crippen molar-refractivity contribution < 1.29 is 4.79 Å². The zero-order chi connectivity index (χ0) is 13.9. The molecule has 1 aromatic carbocycles. The first-order valence-electron chi connectivity index (χ1n) is 6.50. The van der Waals surface area contributed by atoms with Crippen LogP contribution in [-0.2, 0) is 0 Å². The van der Waals surface area contributed by atoms with Crippen LogP contribution < -0.4 is 5.73 Å². The Morgan fingerprint density at radius 1 is 1.28 bits per heavy atom. The lowest BCUT2D eigenvalue weighted by atomic mass is 10.0. The van der Waals surface area contributed by atoms with Crippen molar-refractivity contribution in [2.24, 2.45) is 5.92 Å². The molecule has 18 heavy (non-hydrogen) atoms. The van der Waals surface area contributed by atoms with Gasteiger partial charge in [-0.2, -0.15) is 0 Å². The van der Waals surface area contributed by atoms with Crippen LogP contribution in [0.25, 0.3) is 0 Å². The highest BCUT2D eigenvalue weighted by Crippen LogP contribution is 2.19. The van der Waals surface area contributed by atoms with Crippen molar-refractivity contribution in [1.29, 1.82) is 0 Å². The van der Waals surface area contributed by atoms with E-state index in [0.29, 0.717) is 17.2 Å². The maximum absolute atomic E-state index is 12.6. The maximum atomic E-state index is 12.6. The fourth-order valence-electron chi connectivity index (χ4n) is 1.96. The second kappa shape index (κ2) is 5.89. The molecule has 100 valence electrons. The maximum Gasteiger partial charge on any atom is 0.254 e. The highest BCUT2D eigenvalue weighted by Gasteiger charge is 2.21. The van der Waals surface area contributed by atoms with E-state index in [-0.39, 0.29) is 11.9 Å². The Morgan fingerprint density at radius 2 is 1.89 bits per heavy atom. The molecule has 3 heteroatoms. The Bertz CT molecular complexity index is 425. The summed E-state index contributed by atoms with van der Waals surface area (Å²) >= 11 is 0. The third kappa shape index (κ3) is 3.25. The molecule has 0 aliphatic carbocycles. The SMILES string of the molecule is Cc1c(N)cccc1C(=O)N(CC(C)C)C(C)C. The fraction of sp³-hybridized carbons (Fsp3) is 0.533. The molecule has 1 aromatic rings. The zero-order valence-corrected chi connectivity index (χ0v) is 12.0. The number of nitrogens with zero attached hydrogens (tertiary/aromatic N) is 1. The minimum atomic E-state index is 0.0727. The number of benzene rings is 1. The molecule has 0 radical (unpaired) electrons. The molecular weight excluding hydrogens is 224 g/mol. The molecule has 0 saturated carbocycles. The van der Waals surface area contributed by atoms with Crippen LogP contribution in [0, 0.1) is 12.8 Å². The van der Waals surface area contributed by atoms with Crippen molar-refractivity contribution in [1.82, 2.24) is 4.90 Å². The average Bonchev–Trinajstić information content (AvgIpc) is 2.28. The summed E-state index contributed by atoms with van der Waals surface area (Å²) in [4.78, 5) is 14.5. The Balaban J connectivity index is 3.06. The van der Waals surface area contributed by atoms with Gasteiger partial charge in [0.2, 0.25) is 0 Å². The van der Waals surface area contributed by atoms with Crippen molar-refractivity contribution in [3.63, 3.8) is 0 Å². The summed E-state index contributed by atoms with van der Waals surface area (Å²) in [7, 11) is 0. The average molecular weight is 248 g/mol. The zero-order valence-electron chi connectivity index (χ0n) is 12.0. The third-order valence-corrected chi connectivity index (χ3v) is 3.05. The van der Waals surface area contributed by atoms with Crippen molar-refractivity contribution >= 4 is 11.6 Å². The number of carbonyl (C=O) groups is 1. The van der Waals surface area contributed by atoms with E-state index in [1.807, 2.05) is 43.9 Å². The van der Waals surface area contributed by atoms with Gasteiger partial charge in [0.25, 0.3) is 5.91 Å². The summed E-state index contributed by atoms with van der Waals surface area (Å²) in [5.41, 5.74) is 8.12. The normalized spacial score (nSPS) is 11.1. The molecule has 3 nitrogen and oxygen atoms in total. The van der Waals surface area contributed by atoms with E-state index in [2.05, 4.69) is 13.8 Å². The van der Waals surface area contributed by atoms with Crippen LogP contribution in [0.4, 0.5) is 5.69 Å². The first kappa shape index (κ1) is 14.6. The summed E-state index contributed by atoms with van der Waals surface area (Å²) in [6.07, 6.45) is 0. The van der Waals surface area contributed by atoms with Gasteiger partial charge >= 0.3 is 0 Å². The van der Waals surface area contributed by atoms with Crippen LogP contribution in [0.5, 0.6) is 0 Å². The van der Waals surface area contributed by atoms with E-state index >= 15 is 0 Å². The molecule has 0 unspecified atom stereocenters. The highest BCUT2D eigenvalue weighted by atomic mass is 16.2. The molecule has 1 rings (SSSR count). The molecule has 0 aliphatic rings. The number of hydrogen-bond donors (Lipinski definition) is 1. The monoisotopic (exact) mass is 248 g/mol. The summed E-state index contributed by atoms with van der Waals surface area (Å²) < 4.78 is 0. The number of nitrogen functional groups attached to an aromatic ring is 1.